The quantitative estimate of drug-likeness (QED) is 0.678. The molecule has 0 heterocycles. The molecular weight excluding hydrogens is 272 g/mol. The third-order valence-corrected chi connectivity index (χ3v) is 3.12. The molecule has 2 aromatic carbocycles. The third kappa shape index (κ3) is 3.68. The van der Waals surface area contributed by atoms with Crippen LogP contribution in [-0.4, -0.2) is 12.1 Å². The largest absolute Gasteiger partial charge is 0.271 e. The van der Waals surface area contributed by atoms with Crippen LogP contribution in [-0.2, 0) is 0 Å². The first-order valence-electron chi connectivity index (χ1n) is 6.22. The van der Waals surface area contributed by atoms with Gasteiger partial charge >= 0.3 is 0 Å². The Bertz CT molecular complexity index is 665. The minimum absolute atomic E-state index is 0.284. The van der Waals surface area contributed by atoms with Gasteiger partial charge in [-0.15, -0.1) is 0 Å². The van der Waals surface area contributed by atoms with Gasteiger partial charge in [0.2, 0.25) is 0 Å². The Morgan fingerprint density at radius 2 is 2.00 bits per heavy atom. The highest BCUT2D eigenvalue weighted by Gasteiger charge is 2.04. The molecule has 0 radical (unpaired) electrons. The minimum atomic E-state index is -0.284. The van der Waals surface area contributed by atoms with Crippen molar-refractivity contribution in [2.45, 2.75) is 13.8 Å². The average molecular weight is 287 g/mol. The van der Waals surface area contributed by atoms with Gasteiger partial charge in [-0.1, -0.05) is 41.4 Å². The van der Waals surface area contributed by atoms with Crippen molar-refractivity contribution in [2.24, 2.45) is 5.10 Å². The highest BCUT2D eigenvalue weighted by molar-refractivity contribution is 6.30. The van der Waals surface area contributed by atoms with Crippen LogP contribution in [0.4, 0.5) is 0 Å². The van der Waals surface area contributed by atoms with E-state index in [2.05, 4.69) is 16.6 Å². The summed E-state index contributed by atoms with van der Waals surface area (Å²) >= 11 is 5.84. The fraction of sp³-hybridized carbons (Fsp3) is 0.125. The Hall–Kier alpha value is -2.13. The van der Waals surface area contributed by atoms with Crippen LogP contribution in [0.3, 0.4) is 0 Å². The lowest BCUT2D eigenvalue weighted by atomic mass is 10.1. The van der Waals surface area contributed by atoms with Gasteiger partial charge in [0, 0.05) is 10.6 Å². The second-order valence-electron chi connectivity index (χ2n) is 4.57. The van der Waals surface area contributed by atoms with E-state index >= 15 is 0 Å². The van der Waals surface area contributed by atoms with Crippen molar-refractivity contribution in [3.63, 3.8) is 0 Å². The van der Waals surface area contributed by atoms with E-state index in [0.29, 0.717) is 10.6 Å². The Labute approximate surface area is 123 Å². The normalized spacial score (nSPS) is 10.8. The van der Waals surface area contributed by atoms with Gasteiger partial charge in [-0.2, -0.15) is 5.10 Å². The van der Waals surface area contributed by atoms with Gasteiger partial charge in [-0.25, -0.2) is 5.43 Å². The molecule has 0 saturated carbocycles. The number of hydrogen-bond acceptors (Lipinski definition) is 2. The molecule has 0 atom stereocenters. The summed E-state index contributed by atoms with van der Waals surface area (Å²) in [6.07, 6.45) is 1.64. The van der Waals surface area contributed by atoms with Crippen molar-refractivity contribution in [2.75, 3.05) is 0 Å². The van der Waals surface area contributed by atoms with Gasteiger partial charge in [-0.3, -0.25) is 4.79 Å². The number of rotatable bonds is 3. The molecule has 1 N–H and O–H groups in total. The van der Waals surface area contributed by atoms with Crippen molar-refractivity contribution in [3.05, 3.63) is 69.7 Å². The molecule has 0 unspecified atom stereocenters. The Morgan fingerprint density at radius 3 is 2.70 bits per heavy atom. The van der Waals surface area contributed by atoms with Crippen LogP contribution < -0.4 is 5.43 Å². The molecule has 0 aliphatic carbocycles. The molecule has 102 valence electrons. The molecule has 2 rings (SSSR count). The fourth-order valence-electron chi connectivity index (χ4n) is 1.83. The molecule has 2 aromatic rings. The van der Waals surface area contributed by atoms with E-state index in [1.54, 1.807) is 30.5 Å². The number of nitrogens with zero attached hydrogens (tertiary/aromatic N) is 1. The number of hydrazone groups is 1. The van der Waals surface area contributed by atoms with Crippen LogP contribution in [0.1, 0.15) is 27.0 Å². The van der Waals surface area contributed by atoms with Crippen molar-refractivity contribution in [3.8, 4) is 0 Å². The summed E-state index contributed by atoms with van der Waals surface area (Å²) in [5, 5.41) is 4.49. The van der Waals surface area contributed by atoms with Crippen LogP contribution in [0.2, 0.25) is 5.02 Å². The third-order valence-electron chi connectivity index (χ3n) is 2.88. The lowest BCUT2D eigenvalue weighted by Gasteiger charge is -2.02. The molecule has 0 aliphatic rings. The molecular formula is C16H15ClN2O. The molecule has 1 amide bonds. The summed E-state index contributed by atoms with van der Waals surface area (Å²) in [6, 6.07) is 12.8. The Kier molecular flexibility index (Phi) is 4.53. The Morgan fingerprint density at radius 1 is 1.20 bits per heavy atom. The molecule has 0 bridgehead atoms. The molecule has 4 heteroatoms. The van der Waals surface area contributed by atoms with Gasteiger partial charge in [0.15, 0.2) is 0 Å². The summed E-state index contributed by atoms with van der Waals surface area (Å²) in [4.78, 5) is 11.8. The number of benzene rings is 2. The number of nitrogens with one attached hydrogen (secondary N) is 1. The maximum atomic E-state index is 11.8. The summed E-state index contributed by atoms with van der Waals surface area (Å²) < 4.78 is 0. The molecule has 0 fully saturated rings. The molecule has 3 nitrogen and oxygen atoms in total. The average Bonchev–Trinajstić information content (AvgIpc) is 2.41. The summed E-state index contributed by atoms with van der Waals surface area (Å²) in [5.74, 6) is -0.284. The molecule has 20 heavy (non-hydrogen) atoms. The van der Waals surface area contributed by atoms with Gasteiger partial charge in [0.25, 0.3) is 5.91 Å². The predicted octanol–water partition coefficient (Wildman–Crippen LogP) is 3.72. The van der Waals surface area contributed by atoms with E-state index in [1.165, 1.54) is 5.56 Å². The standard InChI is InChI=1S/C16H15ClN2O/c1-11-6-7-14(12(2)8-11)10-18-19-16(20)13-4-3-5-15(17)9-13/h3-10H,1-2H3,(H,19,20)/b18-10+. The fourth-order valence-corrected chi connectivity index (χ4v) is 2.02. The predicted molar refractivity (Wildman–Crippen MR) is 82.4 cm³/mol. The van der Waals surface area contributed by atoms with E-state index in [9.17, 15) is 4.79 Å². The molecule has 0 saturated heterocycles. The van der Waals surface area contributed by atoms with Gasteiger partial charge in [0.05, 0.1) is 6.21 Å². The summed E-state index contributed by atoms with van der Waals surface area (Å²) in [7, 11) is 0. The number of halogens is 1. The zero-order valence-corrected chi connectivity index (χ0v) is 12.1. The molecule has 0 spiro atoms. The number of carbonyl (C=O) groups excluding carboxylic acids is 1. The number of aryl methyl sites for hydroxylation is 2. The van der Waals surface area contributed by atoms with E-state index in [1.807, 2.05) is 26.0 Å². The van der Waals surface area contributed by atoms with Crippen LogP contribution in [0.25, 0.3) is 0 Å². The van der Waals surface area contributed by atoms with E-state index in [0.717, 1.165) is 11.1 Å². The van der Waals surface area contributed by atoms with E-state index in [-0.39, 0.29) is 5.91 Å². The van der Waals surface area contributed by atoms with Crippen molar-refractivity contribution in [1.29, 1.82) is 0 Å². The van der Waals surface area contributed by atoms with Gasteiger partial charge in [0.1, 0.15) is 0 Å². The van der Waals surface area contributed by atoms with Crippen LogP contribution in [0.15, 0.2) is 47.6 Å². The lowest BCUT2D eigenvalue weighted by Crippen LogP contribution is -2.17. The topological polar surface area (TPSA) is 41.5 Å². The zero-order valence-electron chi connectivity index (χ0n) is 11.4. The van der Waals surface area contributed by atoms with Gasteiger partial charge < -0.3 is 0 Å². The van der Waals surface area contributed by atoms with Crippen LogP contribution in [0, 0.1) is 13.8 Å². The Balaban J connectivity index is 2.04. The second-order valence-corrected chi connectivity index (χ2v) is 5.01. The lowest BCUT2D eigenvalue weighted by molar-refractivity contribution is 0.0955. The van der Waals surface area contributed by atoms with Crippen LogP contribution >= 0.6 is 11.6 Å². The molecule has 0 aromatic heterocycles. The first-order valence-corrected chi connectivity index (χ1v) is 6.60. The maximum Gasteiger partial charge on any atom is 0.271 e. The van der Waals surface area contributed by atoms with E-state index < -0.39 is 0 Å². The maximum absolute atomic E-state index is 11.8. The van der Waals surface area contributed by atoms with Crippen LogP contribution in [0.5, 0.6) is 0 Å². The first-order chi connectivity index (χ1) is 9.56. The number of carbonyl (C=O) groups is 1. The van der Waals surface area contributed by atoms with Gasteiger partial charge in [-0.05, 0) is 43.2 Å². The van der Waals surface area contributed by atoms with Crippen molar-refractivity contribution in [1.82, 2.24) is 5.43 Å². The summed E-state index contributed by atoms with van der Waals surface area (Å²) in [5.41, 5.74) is 6.26. The summed E-state index contributed by atoms with van der Waals surface area (Å²) in [6.45, 7) is 4.04. The monoisotopic (exact) mass is 286 g/mol. The highest BCUT2D eigenvalue weighted by atomic mass is 35.5. The zero-order chi connectivity index (χ0) is 14.5. The first kappa shape index (κ1) is 14.3. The second kappa shape index (κ2) is 6.35. The van der Waals surface area contributed by atoms with E-state index in [4.69, 9.17) is 11.6 Å². The van der Waals surface area contributed by atoms with Crippen molar-refractivity contribution < 1.29 is 4.79 Å². The van der Waals surface area contributed by atoms with Crippen molar-refractivity contribution >= 4 is 23.7 Å². The smallest absolute Gasteiger partial charge is 0.267 e. The molecule has 0 aliphatic heterocycles. The highest BCUT2D eigenvalue weighted by Crippen LogP contribution is 2.10. The number of hydrogen-bond donors (Lipinski definition) is 1. The number of amides is 1. The SMILES string of the molecule is Cc1ccc(/C=N/NC(=O)c2cccc(Cl)c2)c(C)c1. The minimum Gasteiger partial charge on any atom is -0.267 e.